The van der Waals surface area contributed by atoms with Gasteiger partial charge in [-0.15, -0.1) is 22.0 Å². The third kappa shape index (κ3) is 4.83. The average molecular weight is 390 g/mol. The van der Waals surface area contributed by atoms with Crippen LogP contribution in [-0.2, 0) is 4.79 Å². The van der Waals surface area contributed by atoms with Crippen LogP contribution in [0.1, 0.15) is 5.56 Å². The quantitative estimate of drug-likeness (QED) is 0.347. The Labute approximate surface area is 159 Å². The Hall–Kier alpha value is -2.39. The van der Waals surface area contributed by atoms with Crippen molar-refractivity contribution in [2.24, 2.45) is 0 Å². The number of hydrogen-bond acceptors (Lipinski definition) is 7. The molecule has 0 saturated heterocycles. The van der Waals surface area contributed by atoms with Crippen molar-refractivity contribution in [3.8, 4) is 11.6 Å². The molecule has 0 aliphatic carbocycles. The highest BCUT2D eigenvalue weighted by molar-refractivity contribution is 7.99. The van der Waals surface area contributed by atoms with E-state index in [9.17, 15) is 4.79 Å². The molecule has 26 heavy (non-hydrogen) atoms. The van der Waals surface area contributed by atoms with Crippen molar-refractivity contribution in [1.29, 1.82) is 0 Å². The molecular weight excluding hydrogens is 370 g/mol. The molecule has 0 spiro atoms. The van der Waals surface area contributed by atoms with Gasteiger partial charge in [0.1, 0.15) is 0 Å². The molecule has 0 fully saturated rings. The van der Waals surface area contributed by atoms with Crippen molar-refractivity contribution >= 4 is 29.4 Å². The largest absolute Gasteiger partial charge is 0.461 e. The molecule has 0 aliphatic rings. The lowest BCUT2D eigenvalue weighted by Crippen LogP contribution is -2.27. The number of carbonyl (C=O) groups is 1. The second kappa shape index (κ2) is 8.81. The van der Waals surface area contributed by atoms with Gasteiger partial charge in [-0.2, -0.15) is 0 Å². The van der Waals surface area contributed by atoms with E-state index in [4.69, 9.17) is 10.3 Å². The number of rotatable bonds is 8. The number of nitrogens with zero attached hydrogens (tertiary/aromatic N) is 3. The molecule has 9 heteroatoms. The van der Waals surface area contributed by atoms with E-state index in [1.807, 2.05) is 0 Å². The van der Waals surface area contributed by atoms with Crippen LogP contribution in [0.4, 0.5) is 0 Å². The van der Waals surface area contributed by atoms with E-state index in [1.54, 1.807) is 30.2 Å². The SMILES string of the molecule is Cc1ccc(SCCNC(=O)CSc2nnc(-c3ccco3)n2N)cc1. The number of furan rings is 1. The molecule has 1 amide bonds. The molecule has 0 unspecified atom stereocenters. The molecule has 0 atom stereocenters. The van der Waals surface area contributed by atoms with Crippen LogP contribution in [0.5, 0.6) is 0 Å². The van der Waals surface area contributed by atoms with Crippen molar-refractivity contribution in [3.63, 3.8) is 0 Å². The van der Waals surface area contributed by atoms with E-state index < -0.39 is 0 Å². The highest BCUT2D eigenvalue weighted by Gasteiger charge is 2.15. The lowest BCUT2D eigenvalue weighted by atomic mass is 10.2. The van der Waals surface area contributed by atoms with Crippen LogP contribution >= 0.6 is 23.5 Å². The van der Waals surface area contributed by atoms with Crippen LogP contribution in [0, 0.1) is 6.92 Å². The monoisotopic (exact) mass is 389 g/mol. The first-order valence-electron chi connectivity index (χ1n) is 7.97. The predicted molar refractivity (Wildman–Crippen MR) is 104 cm³/mol. The Morgan fingerprint density at radius 2 is 2.04 bits per heavy atom. The Bertz CT molecular complexity index is 847. The molecule has 3 N–H and O–H groups in total. The summed E-state index contributed by atoms with van der Waals surface area (Å²) in [6, 6.07) is 11.8. The van der Waals surface area contributed by atoms with Gasteiger partial charge in [-0.1, -0.05) is 29.5 Å². The fourth-order valence-corrected chi connectivity index (χ4v) is 3.58. The molecule has 2 aromatic heterocycles. The van der Waals surface area contributed by atoms with E-state index >= 15 is 0 Å². The maximum atomic E-state index is 12.0. The van der Waals surface area contributed by atoms with Crippen LogP contribution in [0.15, 0.2) is 57.1 Å². The smallest absolute Gasteiger partial charge is 0.230 e. The van der Waals surface area contributed by atoms with E-state index in [0.717, 1.165) is 5.75 Å². The Kier molecular flexibility index (Phi) is 6.24. The van der Waals surface area contributed by atoms with Crippen molar-refractivity contribution in [2.45, 2.75) is 17.0 Å². The van der Waals surface area contributed by atoms with Gasteiger partial charge < -0.3 is 15.6 Å². The maximum Gasteiger partial charge on any atom is 0.230 e. The fraction of sp³-hybridized carbons (Fsp3) is 0.235. The Balaban J connectivity index is 1.40. The summed E-state index contributed by atoms with van der Waals surface area (Å²) in [7, 11) is 0. The van der Waals surface area contributed by atoms with Gasteiger partial charge in [0.2, 0.25) is 16.9 Å². The molecule has 3 rings (SSSR count). The van der Waals surface area contributed by atoms with Gasteiger partial charge in [-0.05, 0) is 31.2 Å². The van der Waals surface area contributed by atoms with Gasteiger partial charge in [-0.25, -0.2) is 4.68 Å². The number of amides is 1. The normalized spacial score (nSPS) is 10.8. The van der Waals surface area contributed by atoms with Crippen LogP contribution < -0.4 is 11.2 Å². The molecule has 7 nitrogen and oxygen atoms in total. The summed E-state index contributed by atoms with van der Waals surface area (Å²) in [6.07, 6.45) is 1.54. The van der Waals surface area contributed by atoms with Gasteiger partial charge in [0.05, 0.1) is 12.0 Å². The average Bonchev–Trinajstić information content (AvgIpc) is 3.28. The van der Waals surface area contributed by atoms with Gasteiger partial charge in [-0.3, -0.25) is 4.79 Å². The van der Waals surface area contributed by atoms with Crippen LogP contribution in [0.2, 0.25) is 0 Å². The van der Waals surface area contributed by atoms with Crippen LogP contribution in [-0.4, -0.2) is 38.8 Å². The van der Waals surface area contributed by atoms with Crippen molar-refractivity contribution in [3.05, 3.63) is 48.2 Å². The van der Waals surface area contributed by atoms with Crippen LogP contribution in [0.3, 0.4) is 0 Å². The van der Waals surface area contributed by atoms with Gasteiger partial charge >= 0.3 is 0 Å². The summed E-state index contributed by atoms with van der Waals surface area (Å²) in [5.41, 5.74) is 1.24. The molecule has 0 radical (unpaired) electrons. The zero-order valence-corrected chi connectivity index (χ0v) is 15.8. The molecular formula is C17H19N5O2S2. The topological polar surface area (TPSA) is 99.0 Å². The second-order valence-corrected chi connectivity index (χ2v) is 7.56. The van der Waals surface area contributed by atoms with E-state index in [0.29, 0.717) is 23.3 Å². The van der Waals surface area contributed by atoms with E-state index in [-0.39, 0.29) is 11.7 Å². The summed E-state index contributed by atoms with van der Waals surface area (Å²) in [6.45, 7) is 2.66. The third-order valence-electron chi connectivity index (χ3n) is 3.45. The van der Waals surface area contributed by atoms with E-state index in [1.165, 1.54) is 26.9 Å². The number of hydrogen-bond donors (Lipinski definition) is 2. The lowest BCUT2D eigenvalue weighted by molar-refractivity contribution is -0.118. The molecule has 3 aromatic rings. The number of thioether (sulfide) groups is 2. The highest BCUT2D eigenvalue weighted by Crippen LogP contribution is 2.21. The molecule has 0 saturated carbocycles. The molecule has 0 bridgehead atoms. The number of nitrogens with one attached hydrogen (secondary N) is 1. The van der Waals surface area contributed by atoms with Gasteiger partial charge in [0.25, 0.3) is 0 Å². The third-order valence-corrected chi connectivity index (χ3v) is 5.41. The number of nitrogen functional groups attached to an aromatic ring is 1. The maximum absolute atomic E-state index is 12.0. The van der Waals surface area contributed by atoms with Crippen molar-refractivity contribution < 1.29 is 9.21 Å². The molecule has 136 valence electrons. The number of aryl methyl sites for hydroxylation is 1. The standard InChI is InChI=1S/C17H19N5O2S2/c1-12-4-6-13(7-5-12)25-10-8-19-15(23)11-26-17-21-20-16(22(17)18)14-3-2-9-24-14/h2-7,9H,8,10-11,18H2,1H3,(H,19,23). The highest BCUT2D eigenvalue weighted by atomic mass is 32.2. The number of nitrogens with two attached hydrogens (primary N) is 1. The number of carbonyl (C=O) groups excluding carboxylic acids is 1. The molecule has 2 heterocycles. The first kappa shape index (κ1) is 18.4. The summed E-state index contributed by atoms with van der Waals surface area (Å²) in [5.74, 6) is 7.88. The Morgan fingerprint density at radius 3 is 2.77 bits per heavy atom. The fourth-order valence-electron chi connectivity index (χ4n) is 2.12. The van der Waals surface area contributed by atoms with Crippen molar-refractivity contribution in [1.82, 2.24) is 20.2 Å². The van der Waals surface area contributed by atoms with Crippen molar-refractivity contribution in [2.75, 3.05) is 23.9 Å². The first-order chi connectivity index (χ1) is 12.6. The Morgan fingerprint density at radius 1 is 1.23 bits per heavy atom. The van der Waals surface area contributed by atoms with Gasteiger partial charge in [0.15, 0.2) is 5.76 Å². The lowest BCUT2D eigenvalue weighted by Gasteiger charge is -2.05. The minimum absolute atomic E-state index is 0.0675. The summed E-state index contributed by atoms with van der Waals surface area (Å²) in [5, 5.41) is 11.3. The van der Waals surface area contributed by atoms with Gasteiger partial charge in [0, 0.05) is 17.2 Å². The predicted octanol–water partition coefficient (Wildman–Crippen LogP) is 2.56. The number of aromatic nitrogens is 3. The minimum Gasteiger partial charge on any atom is -0.461 e. The van der Waals surface area contributed by atoms with Crippen LogP contribution in [0.25, 0.3) is 11.6 Å². The summed E-state index contributed by atoms with van der Waals surface area (Å²) in [4.78, 5) is 13.2. The number of benzene rings is 1. The second-order valence-electron chi connectivity index (χ2n) is 5.45. The zero-order valence-electron chi connectivity index (χ0n) is 14.2. The summed E-state index contributed by atoms with van der Waals surface area (Å²) < 4.78 is 6.58. The van der Waals surface area contributed by atoms with E-state index in [2.05, 4.69) is 46.7 Å². The molecule has 0 aliphatic heterocycles. The zero-order chi connectivity index (χ0) is 18.4. The minimum atomic E-state index is -0.0675. The summed E-state index contributed by atoms with van der Waals surface area (Å²) >= 11 is 2.94. The first-order valence-corrected chi connectivity index (χ1v) is 9.94. The molecule has 1 aromatic carbocycles.